The second kappa shape index (κ2) is 5.14. The van der Waals surface area contributed by atoms with Crippen LogP contribution in [0.2, 0.25) is 0 Å². The van der Waals surface area contributed by atoms with Crippen molar-refractivity contribution in [3.63, 3.8) is 0 Å². The molecule has 92 valence electrons. The van der Waals surface area contributed by atoms with E-state index in [0.29, 0.717) is 0 Å². The third kappa shape index (κ3) is 3.42. The molecular formula is C12H17N3O2. The predicted molar refractivity (Wildman–Crippen MR) is 63.4 cm³/mol. The summed E-state index contributed by atoms with van der Waals surface area (Å²) in [5.74, 6) is 0.214. The second-order valence-corrected chi connectivity index (χ2v) is 4.43. The molecule has 0 saturated carbocycles. The summed E-state index contributed by atoms with van der Waals surface area (Å²) >= 11 is 0. The van der Waals surface area contributed by atoms with Gasteiger partial charge in [-0.25, -0.2) is 0 Å². The maximum Gasteiger partial charge on any atom is 0.217 e. The maximum absolute atomic E-state index is 10.9. The van der Waals surface area contributed by atoms with Crippen LogP contribution in [0.5, 0.6) is 5.75 Å². The van der Waals surface area contributed by atoms with Gasteiger partial charge in [0.1, 0.15) is 5.75 Å². The highest BCUT2D eigenvalue weighted by atomic mass is 16.3. The Balaban J connectivity index is 1.85. The number of likely N-dealkylation sites (tertiary alicyclic amines) is 1. The monoisotopic (exact) mass is 235 g/mol. The van der Waals surface area contributed by atoms with E-state index in [9.17, 15) is 4.79 Å². The number of aromatic hydroxyl groups is 1. The minimum Gasteiger partial charge on any atom is -0.506 e. The SMILES string of the molecule is CC(=O)NC1CCN(Cc2ccc(O)cn2)C1. The van der Waals surface area contributed by atoms with Crippen LogP contribution >= 0.6 is 0 Å². The van der Waals surface area contributed by atoms with Gasteiger partial charge < -0.3 is 10.4 Å². The van der Waals surface area contributed by atoms with Crippen molar-refractivity contribution in [2.45, 2.75) is 25.9 Å². The van der Waals surface area contributed by atoms with Gasteiger partial charge in [-0.05, 0) is 18.6 Å². The normalized spacial score (nSPS) is 20.4. The summed E-state index contributed by atoms with van der Waals surface area (Å²) in [6.45, 7) is 4.14. The Morgan fingerprint density at radius 1 is 1.65 bits per heavy atom. The molecule has 1 amide bonds. The number of rotatable bonds is 3. The summed E-state index contributed by atoms with van der Waals surface area (Å²) in [5.41, 5.74) is 0.936. The average Bonchev–Trinajstić information content (AvgIpc) is 2.68. The van der Waals surface area contributed by atoms with Crippen molar-refractivity contribution < 1.29 is 9.90 Å². The van der Waals surface area contributed by atoms with Crippen LogP contribution in [0, 0.1) is 0 Å². The second-order valence-electron chi connectivity index (χ2n) is 4.43. The van der Waals surface area contributed by atoms with E-state index in [2.05, 4.69) is 15.2 Å². The van der Waals surface area contributed by atoms with Crippen molar-refractivity contribution >= 4 is 5.91 Å². The van der Waals surface area contributed by atoms with Crippen LogP contribution < -0.4 is 5.32 Å². The largest absolute Gasteiger partial charge is 0.506 e. The van der Waals surface area contributed by atoms with Crippen molar-refractivity contribution in [2.24, 2.45) is 0 Å². The number of carbonyl (C=O) groups is 1. The van der Waals surface area contributed by atoms with E-state index in [-0.39, 0.29) is 17.7 Å². The molecule has 1 fully saturated rings. The van der Waals surface area contributed by atoms with Gasteiger partial charge in [0.25, 0.3) is 0 Å². The zero-order valence-corrected chi connectivity index (χ0v) is 9.89. The molecule has 0 aliphatic carbocycles. The fraction of sp³-hybridized carbons (Fsp3) is 0.500. The molecule has 2 N–H and O–H groups in total. The van der Waals surface area contributed by atoms with E-state index in [1.165, 1.54) is 6.20 Å². The molecule has 0 aromatic carbocycles. The Bertz CT molecular complexity index is 391. The minimum atomic E-state index is 0.0274. The van der Waals surface area contributed by atoms with E-state index < -0.39 is 0 Å². The van der Waals surface area contributed by atoms with Crippen LogP contribution in [0.15, 0.2) is 18.3 Å². The molecule has 0 bridgehead atoms. The molecule has 1 saturated heterocycles. The molecule has 1 aliphatic rings. The van der Waals surface area contributed by atoms with Crippen LogP contribution in [0.4, 0.5) is 0 Å². The molecule has 17 heavy (non-hydrogen) atoms. The van der Waals surface area contributed by atoms with Crippen molar-refractivity contribution in [1.82, 2.24) is 15.2 Å². The fourth-order valence-electron chi connectivity index (χ4n) is 2.12. The van der Waals surface area contributed by atoms with Crippen molar-refractivity contribution in [2.75, 3.05) is 13.1 Å². The fourth-order valence-corrected chi connectivity index (χ4v) is 2.12. The number of hydrogen-bond donors (Lipinski definition) is 2. The number of hydrogen-bond acceptors (Lipinski definition) is 4. The Kier molecular flexibility index (Phi) is 3.58. The smallest absolute Gasteiger partial charge is 0.217 e. The van der Waals surface area contributed by atoms with Crippen molar-refractivity contribution in [3.05, 3.63) is 24.0 Å². The third-order valence-electron chi connectivity index (χ3n) is 2.87. The van der Waals surface area contributed by atoms with Gasteiger partial charge in [0, 0.05) is 32.6 Å². The highest BCUT2D eigenvalue weighted by Gasteiger charge is 2.22. The van der Waals surface area contributed by atoms with Gasteiger partial charge in [-0.2, -0.15) is 0 Å². The molecule has 2 heterocycles. The molecule has 1 aromatic rings. The molecule has 1 atom stereocenters. The zero-order valence-electron chi connectivity index (χ0n) is 9.89. The lowest BCUT2D eigenvalue weighted by molar-refractivity contribution is -0.119. The maximum atomic E-state index is 10.9. The third-order valence-corrected chi connectivity index (χ3v) is 2.87. The summed E-state index contributed by atoms with van der Waals surface area (Å²) in [6.07, 6.45) is 2.44. The van der Waals surface area contributed by atoms with Crippen molar-refractivity contribution in [1.29, 1.82) is 0 Å². The summed E-state index contributed by atoms with van der Waals surface area (Å²) in [4.78, 5) is 17.3. The van der Waals surface area contributed by atoms with Gasteiger partial charge >= 0.3 is 0 Å². The summed E-state index contributed by atoms with van der Waals surface area (Å²) in [7, 11) is 0. The van der Waals surface area contributed by atoms with Crippen LogP contribution in [-0.2, 0) is 11.3 Å². The van der Waals surface area contributed by atoms with Crippen LogP contribution in [0.3, 0.4) is 0 Å². The topological polar surface area (TPSA) is 65.5 Å². The first-order valence-electron chi connectivity index (χ1n) is 5.77. The highest BCUT2D eigenvalue weighted by Crippen LogP contribution is 2.13. The van der Waals surface area contributed by atoms with Gasteiger partial charge in [-0.15, -0.1) is 0 Å². The van der Waals surface area contributed by atoms with Crippen LogP contribution in [0.25, 0.3) is 0 Å². The molecule has 2 rings (SSSR count). The Morgan fingerprint density at radius 2 is 2.47 bits per heavy atom. The lowest BCUT2D eigenvalue weighted by Gasteiger charge is -2.15. The summed E-state index contributed by atoms with van der Waals surface area (Å²) < 4.78 is 0. The number of nitrogens with one attached hydrogen (secondary N) is 1. The van der Waals surface area contributed by atoms with Crippen LogP contribution in [-0.4, -0.2) is 40.0 Å². The molecule has 0 radical (unpaired) electrons. The number of nitrogens with zero attached hydrogens (tertiary/aromatic N) is 2. The number of aromatic nitrogens is 1. The first-order chi connectivity index (χ1) is 8.13. The number of amides is 1. The van der Waals surface area contributed by atoms with Gasteiger partial charge in [0.15, 0.2) is 0 Å². The van der Waals surface area contributed by atoms with Gasteiger partial charge in [-0.3, -0.25) is 14.7 Å². The first kappa shape index (κ1) is 11.9. The molecule has 5 heteroatoms. The molecule has 5 nitrogen and oxygen atoms in total. The summed E-state index contributed by atoms with van der Waals surface area (Å²) in [5, 5.41) is 12.1. The van der Waals surface area contributed by atoms with E-state index >= 15 is 0 Å². The van der Waals surface area contributed by atoms with Gasteiger partial charge in [0.2, 0.25) is 5.91 Å². The quantitative estimate of drug-likeness (QED) is 0.800. The first-order valence-corrected chi connectivity index (χ1v) is 5.77. The van der Waals surface area contributed by atoms with E-state index in [1.54, 1.807) is 13.0 Å². The molecule has 1 aromatic heterocycles. The van der Waals surface area contributed by atoms with E-state index in [0.717, 1.165) is 31.7 Å². The summed E-state index contributed by atoms with van der Waals surface area (Å²) in [6, 6.07) is 3.72. The Morgan fingerprint density at radius 3 is 3.12 bits per heavy atom. The molecule has 0 spiro atoms. The number of pyridine rings is 1. The van der Waals surface area contributed by atoms with E-state index in [1.807, 2.05) is 6.07 Å². The Labute approximate surface area is 100 Å². The van der Waals surface area contributed by atoms with Gasteiger partial charge in [0.05, 0.1) is 11.9 Å². The molecule has 1 aliphatic heterocycles. The Hall–Kier alpha value is -1.62. The number of carbonyl (C=O) groups excluding carboxylic acids is 1. The standard InChI is InChI=1S/C12H17N3O2/c1-9(16)14-11-4-5-15(8-11)7-10-2-3-12(17)6-13-10/h2-3,6,11,17H,4-5,7-8H2,1H3,(H,14,16). The van der Waals surface area contributed by atoms with E-state index in [4.69, 9.17) is 5.11 Å². The van der Waals surface area contributed by atoms with Crippen LogP contribution in [0.1, 0.15) is 19.0 Å². The van der Waals surface area contributed by atoms with Crippen molar-refractivity contribution in [3.8, 4) is 5.75 Å². The predicted octanol–water partition coefficient (Wildman–Crippen LogP) is 0.498. The molecular weight excluding hydrogens is 218 g/mol. The molecule has 1 unspecified atom stereocenters. The highest BCUT2D eigenvalue weighted by molar-refractivity contribution is 5.73. The average molecular weight is 235 g/mol. The lowest BCUT2D eigenvalue weighted by atomic mass is 10.2. The minimum absolute atomic E-state index is 0.0274. The zero-order chi connectivity index (χ0) is 12.3. The lowest BCUT2D eigenvalue weighted by Crippen LogP contribution is -2.35. The van der Waals surface area contributed by atoms with Gasteiger partial charge in [-0.1, -0.05) is 0 Å².